The van der Waals surface area contributed by atoms with Crippen LogP contribution in [0.3, 0.4) is 0 Å². The van der Waals surface area contributed by atoms with Crippen molar-refractivity contribution in [2.24, 2.45) is 0 Å². The van der Waals surface area contributed by atoms with Crippen LogP contribution in [0.4, 0.5) is 8.78 Å². The summed E-state index contributed by atoms with van der Waals surface area (Å²) in [6.45, 7) is 0. The van der Waals surface area contributed by atoms with E-state index in [1.165, 1.54) is 6.07 Å². The standard InChI is InChI=1S/C8H5ClF2INO/c9-2-4-5(12)1-6(8(10)11)13-7(4)3-14/h1,3,8H,2H2. The van der Waals surface area contributed by atoms with Crippen molar-refractivity contribution in [3.8, 4) is 0 Å². The number of alkyl halides is 3. The van der Waals surface area contributed by atoms with Crippen LogP contribution in [0.25, 0.3) is 0 Å². The monoisotopic (exact) mass is 331 g/mol. The van der Waals surface area contributed by atoms with Crippen molar-refractivity contribution in [3.05, 3.63) is 26.6 Å². The number of hydrogen-bond donors (Lipinski definition) is 0. The van der Waals surface area contributed by atoms with Crippen molar-refractivity contribution in [1.29, 1.82) is 0 Å². The average molecular weight is 331 g/mol. The van der Waals surface area contributed by atoms with Gasteiger partial charge in [-0.2, -0.15) is 0 Å². The lowest BCUT2D eigenvalue weighted by molar-refractivity contribution is 0.111. The van der Waals surface area contributed by atoms with Crippen LogP contribution in [-0.4, -0.2) is 11.3 Å². The molecule has 76 valence electrons. The number of hydrogen-bond acceptors (Lipinski definition) is 2. The van der Waals surface area contributed by atoms with E-state index in [1.807, 2.05) is 22.6 Å². The predicted molar refractivity (Wildman–Crippen MR) is 56.9 cm³/mol. The summed E-state index contributed by atoms with van der Waals surface area (Å²) in [6, 6.07) is 1.23. The molecule has 0 saturated heterocycles. The van der Waals surface area contributed by atoms with Gasteiger partial charge in [0.2, 0.25) is 0 Å². The summed E-state index contributed by atoms with van der Waals surface area (Å²) < 4.78 is 25.1. The zero-order chi connectivity index (χ0) is 10.7. The first kappa shape index (κ1) is 11.8. The van der Waals surface area contributed by atoms with E-state index in [2.05, 4.69) is 4.98 Å². The lowest BCUT2D eigenvalue weighted by Crippen LogP contribution is -2.02. The third-order valence-electron chi connectivity index (χ3n) is 1.59. The number of carbonyl (C=O) groups excluding carboxylic acids is 1. The second-order valence-electron chi connectivity index (χ2n) is 2.44. The molecule has 0 aromatic carbocycles. The lowest BCUT2D eigenvalue weighted by atomic mass is 10.2. The van der Waals surface area contributed by atoms with Crippen LogP contribution in [0.15, 0.2) is 6.07 Å². The molecular formula is C8H5ClF2INO. The van der Waals surface area contributed by atoms with E-state index < -0.39 is 12.1 Å². The molecule has 0 fully saturated rings. The first-order chi connectivity index (χ1) is 6.60. The van der Waals surface area contributed by atoms with E-state index in [4.69, 9.17) is 11.6 Å². The molecule has 0 spiro atoms. The minimum atomic E-state index is -2.67. The van der Waals surface area contributed by atoms with E-state index in [0.717, 1.165) is 0 Å². The zero-order valence-corrected chi connectivity index (χ0v) is 9.72. The second kappa shape index (κ2) is 4.97. The number of pyridine rings is 1. The summed E-state index contributed by atoms with van der Waals surface area (Å²) >= 11 is 7.41. The van der Waals surface area contributed by atoms with Crippen molar-refractivity contribution < 1.29 is 13.6 Å². The molecule has 1 aromatic rings. The molecule has 1 heterocycles. The van der Waals surface area contributed by atoms with Gasteiger partial charge < -0.3 is 0 Å². The number of aromatic nitrogens is 1. The minimum Gasteiger partial charge on any atom is -0.296 e. The van der Waals surface area contributed by atoms with Crippen molar-refractivity contribution in [3.63, 3.8) is 0 Å². The Morgan fingerprint density at radius 3 is 2.71 bits per heavy atom. The smallest absolute Gasteiger partial charge is 0.280 e. The maximum absolute atomic E-state index is 12.3. The molecule has 0 bridgehead atoms. The molecule has 1 aromatic heterocycles. The number of aldehydes is 1. The third kappa shape index (κ3) is 2.38. The van der Waals surface area contributed by atoms with Crippen LogP contribution in [0.5, 0.6) is 0 Å². The van der Waals surface area contributed by atoms with Crippen molar-refractivity contribution in [2.75, 3.05) is 0 Å². The molecule has 0 amide bonds. The van der Waals surface area contributed by atoms with Gasteiger partial charge in [-0.25, -0.2) is 13.8 Å². The molecule has 2 nitrogen and oxygen atoms in total. The quantitative estimate of drug-likeness (QED) is 0.484. The van der Waals surface area contributed by atoms with Crippen LogP contribution >= 0.6 is 34.2 Å². The molecule has 0 aliphatic carbocycles. The molecular weight excluding hydrogens is 326 g/mol. The number of rotatable bonds is 3. The molecule has 6 heteroatoms. The summed E-state index contributed by atoms with van der Waals surface area (Å²) in [7, 11) is 0. The average Bonchev–Trinajstić information content (AvgIpc) is 2.16. The van der Waals surface area contributed by atoms with Gasteiger partial charge in [-0.15, -0.1) is 11.6 Å². The molecule has 0 radical (unpaired) electrons. The summed E-state index contributed by atoms with van der Waals surface area (Å²) in [5.74, 6) is 0.0862. The van der Waals surface area contributed by atoms with Crippen molar-refractivity contribution >= 4 is 40.5 Å². The van der Waals surface area contributed by atoms with Crippen LogP contribution in [0, 0.1) is 3.57 Å². The topological polar surface area (TPSA) is 30.0 Å². The van der Waals surface area contributed by atoms with Gasteiger partial charge >= 0.3 is 0 Å². The summed E-state index contributed by atoms with van der Waals surface area (Å²) in [4.78, 5) is 14.1. The predicted octanol–water partition coefficient (Wildman–Crippen LogP) is 3.18. The Labute approximate surface area is 97.8 Å². The first-order valence-electron chi connectivity index (χ1n) is 3.58. The third-order valence-corrected chi connectivity index (χ3v) is 2.82. The molecule has 0 N–H and O–H groups in total. The Kier molecular flexibility index (Phi) is 4.18. The van der Waals surface area contributed by atoms with Crippen LogP contribution in [-0.2, 0) is 5.88 Å². The van der Waals surface area contributed by atoms with Crippen molar-refractivity contribution in [1.82, 2.24) is 4.98 Å². The lowest BCUT2D eigenvalue weighted by Gasteiger charge is -2.06. The van der Waals surface area contributed by atoms with Crippen molar-refractivity contribution in [2.45, 2.75) is 12.3 Å². The largest absolute Gasteiger partial charge is 0.296 e. The van der Waals surface area contributed by atoms with Gasteiger partial charge in [-0.05, 0) is 28.7 Å². The Balaban J connectivity index is 3.31. The highest BCUT2D eigenvalue weighted by Crippen LogP contribution is 2.23. The molecule has 0 saturated carbocycles. The number of carbonyl (C=O) groups is 1. The summed E-state index contributed by atoms with van der Waals surface area (Å²) in [5.41, 5.74) is 0.0826. The summed E-state index contributed by atoms with van der Waals surface area (Å²) in [6.07, 6.45) is -2.24. The maximum Gasteiger partial charge on any atom is 0.280 e. The van der Waals surface area contributed by atoms with E-state index >= 15 is 0 Å². The Morgan fingerprint density at radius 2 is 2.29 bits per heavy atom. The summed E-state index contributed by atoms with van der Waals surface area (Å²) in [5, 5.41) is 0. The normalized spacial score (nSPS) is 10.6. The minimum absolute atomic E-state index is 0.0119. The van der Waals surface area contributed by atoms with Crippen LogP contribution in [0.1, 0.15) is 28.2 Å². The second-order valence-corrected chi connectivity index (χ2v) is 3.87. The molecule has 0 aliphatic rings. The van der Waals surface area contributed by atoms with E-state index in [9.17, 15) is 13.6 Å². The fraction of sp³-hybridized carbons (Fsp3) is 0.250. The highest BCUT2D eigenvalue weighted by atomic mass is 127. The highest BCUT2D eigenvalue weighted by Gasteiger charge is 2.15. The highest BCUT2D eigenvalue weighted by molar-refractivity contribution is 14.1. The Morgan fingerprint density at radius 1 is 1.64 bits per heavy atom. The van der Waals surface area contributed by atoms with Gasteiger partial charge in [-0.1, -0.05) is 0 Å². The molecule has 0 aliphatic heterocycles. The maximum atomic E-state index is 12.3. The number of nitrogens with zero attached hydrogens (tertiary/aromatic N) is 1. The SMILES string of the molecule is O=Cc1nc(C(F)F)cc(I)c1CCl. The van der Waals surface area contributed by atoms with Gasteiger partial charge in [0, 0.05) is 9.13 Å². The zero-order valence-electron chi connectivity index (χ0n) is 6.81. The van der Waals surface area contributed by atoms with Gasteiger partial charge in [0.25, 0.3) is 6.43 Å². The van der Waals surface area contributed by atoms with Gasteiger partial charge in [0.1, 0.15) is 11.4 Å². The first-order valence-corrected chi connectivity index (χ1v) is 5.20. The van der Waals surface area contributed by atoms with Crippen LogP contribution < -0.4 is 0 Å². The molecule has 14 heavy (non-hydrogen) atoms. The Bertz CT molecular complexity index is 359. The van der Waals surface area contributed by atoms with Crippen LogP contribution in [0.2, 0.25) is 0 Å². The van der Waals surface area contributed by atoms with E-state index in [0.29, 0.717) is 15.4 Å². The van der Waals surface area contributed by atoms with Gasteiger partial charge in [0.05, 0.1) is 5.88 Å². The van der Waals surface area contributed by atoms with E-state index in [1.54, 1.807) is 0 Å². The molecule has 1 rings (SSSR count). The van der Waals surface area contributed by atoms with Gasteiger partial charge in [-0.3, -0.25) is 4.79 Å². The van der Waals surface area contributed by atoms with Gasteiger partial charge in [0.15, 0.2) is 6.29 Å². The fourth-order valence-corrected chi connectivity index (χ4v) is 2.21. The van der Waals surface area contributed by atoms with E-state index in [-0.39, 0.29) is 11.6 Å². The number of halogens is 4. The molecule has 0 atom stereocenters. The molecule has 0 unspecified atom stereocenters. The fourth-order valence-electron chi connectivity index (χ4n) is 0.920. The Hall–Kier alpha value is -0.300.